The van der Waals surface area contributed by atoms with E-state index in [2.05, 4.69) is 5.32 Å². The van der Waals surface area contributed by atoms with Crippen LogP contribution in [0.5, 0.6) is 11.5 Å². The first-order valence-corrected chi connectivity index (χ1v) is 6.99. The van der Waals surface area contributed by atoms with Gasteiger partial charge in [0.2, 0.25) is 0 Å². The fourth-order valence-electron chi connectivity index (χ4n) is 3.18. The average Bonchev–Trinajstić information content (AvgIpc) is 2.78. The lowest BCUT2D eigenvalue weighted by Gasteiger charge is -2.30. The Balaban J connectivity index is 1.78. The summed E-state index contributed by atoms with van der Waals surface area (Å²) in [5, 5.41) is 12.6. The number of nitrogens with one attached hydrogen (secondary N) is 1. The maximum absolute atomic E-state index is 11.1. The van der Waals surface area contributed by atoms with E-state index in [4.69, 9.17) is 14.6 Å². The third-order valence-electron chi connectivity index (χ3n) is 4.13. The van der Waals surface area contributed by atoms with Crippen LogP contribution < -0.4 is 14.8 Å². The maximum atomic E-state index is 11.1. The monoisotopic (exact) mass is 277 g/mol. The molecule has 0 saturated carbocycles. The first-order valence-electron chi connectivity index (χ1n) is 6.99. The molecule has 2 unspecified atom stereocenters. The van der Waals surface area contributed by atoms with Crippen molar-refractivity contribution >= 4 is 5.97 Å². The van der Waals surface area contributed by atoms with Crippen molar-refractivity contribution in [2.75, 3.05) is 7.11 Å². The summed E-state index contributed by atoms with van der Waals surface area (Å²) in [4.78, 5) is 11.1. The standard InChI is InChI=1S/C15H19NO4/c1-19-13-5-2-9(15(17)18)6-14(13)20-12-7-10-3-4-11(8-12)16-10/h2,5-6,10-12,16H,3-4,7-8H2,1H3,(H,17,18). The van der Waals surface area contributed by atoms with Crippen molar-refractivity contribution < 1.29 is 19.4 Å². The number of carboxylic acid groups (broad SMARTS) is 1. The Hall–Kier alpha value is -1.75. The van der Waals surface area contributed by atoms with Crippen molar-refractivity contribution in [3.8, 4) is 11.5 Å². The number of piperidine rings is 1. The highest BCUT2D eigenvalue weighted by Gasteiger charge is 2.34. The first kappa shape index (κ1) is 13.2. The number of carbonyl (C=O) groups is 1. The minimum atomic E-state index is -0.956. The smallest absolute Gasteiger partial charge is 0.335 e. The van der Waals surface area contributed by atoms with Gasteiger partial charge in [-0.3, -0.25) is 0 Å². The molecule has 1 aromatic carbocycles. The third kappa shape index (κ3) is 2.58. The molecule has 2 saturated heterocycles. The van der Waals surface area contributed by atoms with Gasteiger partial charge in [0.1, 0.15) is 6.10 Å². The van der Waals surface area contributed by atoms with Gasteiger partial charge in [-0.25, -0.2) is 4.79 Å². The van der Waals surface area contributed by atoms with E-state index in [1.807, 2.05) is 0 Å². The topological polar surface area (TPSA) is 67.8 Å². The molecule has 0 amide bonds. The number of benzene rings is 1. The molecular weight excluding hydrogens is 258 g/mol. The molecule has 5 heteroatoms. The van der Waals surface area contributed by atoms with E-state index >= 15 is 0 Å². The number of fused-ring (bicyclic) bond motifs is 2. The highest BCUT2D eigenvalue weighted by molar-refractivity contribution is 5.88. The zero-order valence-electron chi connectivity index (χ0n) is 11.5. The van der Waals surface area contributed by atoms with Gasteiger partial charge in [-0.1, -0.05) is 0 Å². The SMILES string of the molecule is COc1ccc(C(=O)O)cc1OC1CC2CCC(C1)N2. The maximum Gasteiger partial charge on any atom is 0.335 e. The van der Waals surface area contributed by atoms with Gasteiger partial charge in [0.15, 0.2) is 11.5 Å². The Bertz CT molecular complexity index is 505. The molecular formula is C15H19NO4. The Labute approximate surface area is 117 Å². The fraction of sp³-hybridized carbons (Fsp3) is 0.533. The molecule has 20 heavy (non-hydrogen) atoms. The fourth-order valence-corrected chi connectivity index (χ4v) is 3.18. The van der Waals surface area contributed by atoms with E-state index in [1.165, 1.54) is 18.9 Å². The Kier molecular flexibility index (Phi) is 3.53. The summed E-state index contributed by atoms with van der Waals surface area (Å²) in [7, 11) is 1.56. The minimum Gasteiger partial charge on any atom is -0.493 e. The summed E-state index contributed by atoms with van der Waals surface area (Å²) in [5.74, 6) is 0.155. The predicted octanol–water partition coefficient (Wildman–Crippen LogP) is 2.06. The lowest BCUT2D eigenvalue weighted by Crippen LogP contribution is -2.42. The summed E-state index contributed by atoms with van der Waals surface area (Å²) in [5.41, 5.74) is 0.220. The Morgan fingerprint density at radius 3 is 2.55 bits per heavy atom. The largest absolute Gasteiger partial charge is 0.493 e. The number of hydrogen-bond donors (Lipinski definition) is 2. The van der Waals surface area contributed by atoms with Crippen LogP contribution >= 0.6 is 0 Å². The normalized spacial score (nSPS) is 28.1. The van der Waals surface area contributed by atoms with E-state index in [-0.39, 0.29) is 11.7 Å². The van der Waals surface area contributed by atoms with Crippen LogP contribution in [0.3, 0.4) is 0 Å². The van der Waals surface area contributed by atoms with Crippen molar-refractivity contribution in [3.63, 3.8) is 0 Å². The van der Waals surface area contributed by atoms with Crippen LogP contribution in [-0.4, -0.2) is 36.4 Å². The van der Waals surface area contributed by atoms with Gasteiger partial charge in [-0.2, -0.15) is 0 Å². The second kappa shape index (κ2) is 5.32. The molecule has 2 N–H and O–H groups in total. The van der Waals surface area contributed by atoms with Crippen molar-refractivity contribution in [2.24, 2.45) is 0 Å². The molecule has 5 nitrogen and oxygen atoms in total. The van der Waals surface area contributed by atoms with Gasteiger partial charge < -0.3 is 19.9 Å². The average molecular weight is 277 g/mol. The van der Waals surface area contributed by atoms with Crippen LogP contribution in [-0.2, 0) is 0 Å². The summed E-state index contributed by atoms with van der Waals surface area (Å²) in [6, 6.07) is 5.79. The lowest BCUT2D eigenvalue weighted by atomic mass is 10.0. The van der Waals surface area contributed by atoms with Crippen LogP contribution in [0.15, 0.2) is 18.2 Å². The number of aromatic carboxylic acids is 1. The Morgan fingerprint density at radius 1 is 1.25 bits per heavy atom. The number of ether oxygens (including phenoxy) is 2. The summed E-state index contributed by atoms with van der Waals surface area (Å²) in [6.07, 6.45) is 4.48. The zero-order chi connectivity index (χ0) is 14.1. The molecule has 2 atom stereocenters. The van der Waals surface area contributed by atoms with E-state index in [1.54, 1.807) is 19.2 Å². The van der Waals surface area contributed by atoms with E-state index < -0.39 is 5.97 Å². The van der Waals surface area contributed by atoms with Gasteiger partial charge in [0, 0.05) is 12.1 Å². The summed E-state index contributed by atoms with van der Waals surface area (Å²) >= 11 is 0. The van der Waals surface area contributed by atoms with Gasteiger partial charge >= 0.3 is 5.97 Å². The predicted molar refractivity (Wildman–Crippen MR) is 73.5 cm³/mol. The first-order chi connectivity index (χ1) is 9.65. The van der Waals surface area contributed by atoms with E-state index in [0.717, 1.165) is 12.8 Å². The molecule has 2 bridgehead atoms. The highest BCUT2D eigenvalue weighted by atomic mass is 16.5. The van der Waals surface area contributed by atoms with Gasteiger partial charge in [0.05, 0.1) is 12.7 Å². The van der Waals surface area contributed by atoms with Crippen molar-refractivity contribution in [1.29, 1.82) is 0 Å². The molecule has 2 aliphatic rings. The number of methoxy groups -OCH3 is 1. The van der Waals surface area contributed by atoms with Gasteiger partial charge in [-0.15, -0.1) is 0 Å². The molecule has 0 radical (unpaired) electrons. The van der Waals surface area contributed by atoms with Crippen LogP contribution in [0.2, 0.25) is 0 Å². The highest BCUT2D eigenvalue weighted by Crippen LogP contribution is 2.34. The molecule has 2 fully saturated rings. The zero-order valence-corrected chi connectivity index (χ0v) is 11.5. The second-order valence-electron chi connectivity index (χ2n) is 5.52. The summed E-state index contributed by atoms with van der Waals surface area (Å²) < 4.78 is 11.3. The van der Waals surface area contributed by atoms with Crippen molar-refractivity contribution in [3.05, 3.63) is 23.8 Å². The molecule has 108 valence electrons. The molecule has 2 heterocycles. The Morgan fingerprint density at radius 2 is 1.95 bits per heavy atom. The molecule has 1 aromatic rings. The number of hydrogen-bond acceptors (Lipinski definition) is 4. The number of carboxylic acids is 1. The lowest BCUT2D eigenvalue weighted by molar-refractivity contribution is 0.0695. The summed E-state index contributed by atoms with van der Waals surface area (Å²) in [6.45, 7) is 0. The van der Waals surface area contributed by atoms with Crippen molar-refractivity contribution in [2.45, 2.75) is 43.9 Å². The van der Waals surface area contributed by atoms with Crippen molar-refractivity contribution in [1.82, 2.24) is 5.32 Å². The molecule has 3 rings (SSSR count). The molecule has 0 spiro atoms. The van der Waals surface area contributed by atoms with E-state index in [9.17, 15) is 4.79 Å². The second-order valence-corrected chi connectivity index (χ2v) is 5.52. The van der Waals surface area contributed by atoms with Crippen LogP contribution in [0.4, 0.5) is 0 Å². The molecule has 0 aromatic heterocycles. The van der Waals surface area contributed by atoms with Gasteiger partial charge in [-0.05, 0) is 43.9 Å². The van der Waals surface area contributed by atoms with Crippen LogP contribution in [0, 0.1) is 0 Å². The third-order valence-corrected chi connectivity index (χ3v) is 4.13. The van der Waals surface area contributed by atoms with E-state index in [0.29, 0.717) is 23.6 Å². The quantitative estimate of drug-likeness (QED) is 0.881. The van der Waals surface area contributed by atoms with Crippen LogP contribution in [0.1, 0.15) is 36.0 Å². The minimum absolute atomic E-state index is 0.131. The molecule has 0 aliphatic carbocycles. The number of rotatable bonds is 4. The van der Waals surface area contributed by atoms with Crippen LogP contribution in [0.25, 0.3) is 0 Å². The molecule has 2 aliphatic heterocycles. The van der Waals surface area contributed by atoms with Gasteiger partial charge in [0.25, 0.3) is 0 Å².